The summed E-state index contributed by atoms with van der Waals surface area (Å²) in [6.07, 6.45) is 3.45. The molecule has 0 spiro atoms. The second kappa shape index (κ2) is 9.93. The fraction of sp³-hybridized carbons (Fsp3) is 0.810. The van der Waals surface area contributed by atoms with E-state index in [-0.39, 0.29) is 29.9 Å². The summed E-state index contributed by atoms with van der Waals surface area (Å²) < 4.78 is 5.20. The lowest BCUT2D eigenvalue weighted by molar-refractivity contribution is -0.135. The number of hydrogen-bond acceptors (Lipinski definition) is 6. The Bertz CT molecular complexity index is 733. The third kappa shape index (κ3) is 5.81. The van der Waals surface area contributed by atoms with Crippen LogP contribution in [-0.2, 0) is 19.2 Å². The maximum absolute atomic E-state index is 12.6. The third-order valence-electron chi connectivity index (χ3n) is 5.89. The average Bonchev–Trinajstić information content (AvgIpc) is 2.92. The quantitative estimate of drug-likeness (QED) is 0.395. The van der Waals surface area contributed by atoms with E-state index in [1.807, 2.05) is 6.92 Å². The van der Waals surface area contributed by atoms with Gasteiger partial charge < -0.3 is 15.0 Å². The van der Waals surface area contributed by atoms with Crippen molar-refractivity contribution < 1.29 is 28.8 Å². The molecule has 180 valence electrons. The zero-order valence-electron chi connectivity index (χ0n) is 19.3. The minimum atomic E-state index is -0.637. The Balaban J connectivity index is 1.39. The van der Waals surface area contributed by atoms with Crippen LogP contribution in [0.1, 0.15) is 66.2 Å². The number of carbonyl (C=O) groups is 4. The first-order chi connectivity index (χ1) is 15.1. The first-order valence-electron chi connectivity index (χ1n) is 11.4. The molecular formula is C21H35N5O6. The van der Waals surface area contributed by atoms with Crippen molar-refractivity contribution in [3.05, 3.63) is 0 Å². The zero-order chi connectivity index (χ0) is 23.5. The van der Waals surface area contributed by atoms with E-state index >= 15 is 0 Å². The molecule has 11 heteroatoms. The standard InChI is InChI=1S/C21H35N5O6/c1-5-6-9-31-26-15-7-8-16(25(12-15)20(26)30)18(28)24-23-17(27)13-10-14(11-13)22-19(29)32-21(2,3)4/h13-16H,5-12H2,1-4H3,(H,22,29)(H,23,27)(H,24,28)/t13?,14?,15?,16-/m0/s1. The Kier molecular flexibility index (Phi) is 7.47. The molecule has 0 aromatic heterocycles. The number of piperidine rings is 1. The average molecular weight is 454 g/mol. The van der Waals surface area contributed by atoms with Gasteiger partial charge in [0.1, 0.15) is 11.6 Å². The molecule has 32 heavy (non-hydrogen) atoms. The predicted molar refractivity (Wildman–Crippen MR) is 114 cm³/mol. The maximum atomic E-state index is 12.6. The fourth-order valence-electron chi connectivity index (χ4n) is 4.11. The Labute approximate surface area is 188 Å². The van der Waals surface area contributed by atoms with Crippen molar-refractivity contribution in [2.24, 2.45) is 5.92 Å². The minimum absolute atomic E-state index is 0.0395. The van der Waals surface area contributed by atoms with Gasteiger partial charge in [-0.15, -0.1) is 0 Å². The molecule has 2 heterocycles. The molecule has 2 saturated heterocycles. The van der Waals surface area contributed by atoms with E-state index in [1.165, 1.54) is 9.96 Å². The smallest absolute Gasteiger partial charge is 0.407 e. The molecule has 0 aromatic rings. The number of carbonyl (C=O) groups excluding carboxylic acids is 4. The van der Waals surface area contributed by atoms with Crippen molar-refractivity contribution in [3.8, 4) is 0 Å². The molecule has 1 saturated carbocycles. The van der Waals surface area contributed by atoms with Crippen LogP contribution in [0.4, 0.5) is 9.59 Å². The highest BCUT2D eigenvalue weighted by Gasteiger charge is 2.48. The molecule has 3 fully saturated rings. The summed E-state index contributed by atoms with van der Waals surface area (Å²) in [7, 11) is 0. The van der Waals surface area contributed by atoms with Gasteiger partial charge in [0.25, 0.3) is 5.91 Å². The minimum Gasteiger partial charge on any atom is -0.444 e. The largest absolute Gasteiger partial charge is 0.444 e. The van der Waals surface area contributed by atoms with E-state index in [2.05, 4.69) is 16.2 Å². The Hall–Kier alpha value is -2.56. The lowest BCUT2D eigenvalue weighted by atomic mass is 9.80. The summed E-state index contributed by atoms with van der Waals surface area (Å²) in [5.41, 5.74) is 4.33. The van der Waals surface area contributed by atoms with Crippen LogP contribution in [0, 0.1) is 5.92 Å². The first kappa shape index (κ1) is 24.1. The van der Waals surface area contributed by atoms with Gasteiger partial charge in [-0.2, -0.15) is 5.06 Å². The van der Waals surface area contributed by atoms with Crippen LogP contribution in [0.3, 0.4) is 0 Å². The summed E-state index contributed by atoms with van der Waals surface area (Å²) in [6, 6.07) is -1.11. The molecular weight excluding hydrogens is 418 g/mol. The maximum Gasteiger partial charge on any atom is 0.407 e. The number of hydroxylamine groups is 2. The van der Waals surface area contributed by atoms with Crippen LogP contribution in [-0.4, -0.2) is 70.8 Å². The van der Waals surface area contributed by atoms with Gasteiger partial charge in [0.15, 0.2) is 0 Å². The van der Waals surface area contributed by atoms with E-state index in [0.29, 0.717) is 38.8 Å². The summed E-state index contributed by atoms with van der Waals surface area (Å²) in [6.45, 7) is 8.32. The molecule has 3 N–H and O–H groups in total. The van der Waals surface area contributed by atoms with Gasteiger partial charge in [-0.05, 0) is 52.9 Å². The number of rotatable bonds is 7. The lowest BCUT2D eigenvalue weighted by Crippen LogP contribution is -2.57. The van der Waals surface area contributed by atoms with Gasteiger partial charge in [0.05, 0.1) is 12.6 Å². The van der Waals surface area contributed by atoms with Crippen LogP contribution in [0.15, 0.2) is 0 Å². The highest BCUT2D eigenvalue weighted by molar-refractivity contribution is 5.90. The SMILES string of the molecule is CCCCON1C(=O)N2CC1CC[C@H]2C(=O)NNC(=O)C1CC(NC(=O)OC(C)(C)C)C1. The number of fused-ring (bicyclic) bond motifs is 2. The molecule has 0 aromatic carbocycles. The van der Waals surface area contributed by atoms with Crippen LogP contribution >= 0.6 is 0 Å². The second-order valence-corrected chi connectivity index (χ2v) is 9.68. The lowest BCUT2D eigenvalue weighted by Gasteiger charge is -2.35. The highest BCUT2D eigenvalue weighted by Crippen LogP contribution is 2.30. The molecule has 11 nitrogen and oxygen atoms in total. The molecule has 3 aliphatic rings. The van der Waals surface area contributed by atoms with Gasteiger partial charge in [-0.3, -0.25) is 25.3 Å². The molecule has 1 unspecified atom stereocenters. The van der Waals surface area contributed by atoms with E-state index in [0.717, 1.165) is 12.8 Å². The van der Waals surface area contributed by atoms with Gasteiger partial charge in [0.2, 0.25) is 5.91 Å². The van der Waals surface area contributed by atoms with Crippen molar-refractivity contribution in [3.63, 3.8) is 0 Å². The molecule has 2 aliphatic heterocycles. The van der Waals surface area contributed by atoms with E-state index in [9.17, 15) is 19.2 Å². The van der Waals surface area contributed by atoms with E-state index in [1.54, 1.807) is 20.8 Å². The van der Waals surface area contributed by atoms with Crippen LogP contribution in [0.5, 0.6) is 0 Å². The van der Waals surface area contributed by atoms with E-state index in [4.69, 9.17) is 9.57 Å². The number of ether oxygens (including phenoxy) is 1. The summed E-state index contributed by atoms with van der Waals surface area (Å²) >= 11 is 0. The molecule has 1 aliphatic carbocycles. The van der Waals surface area contributed by atoms with Crippen molar-refractivity contribution >= 4 is 23.9 Å². The van der Waals surface area contributed by atoms with Crippen molar-refractivity contribution in [1.29, 1.82) is 0 Å². The first-order valence-corrected chi connectivity index (χ1v) is 11.4. The number of hydrazine groups is 1. The van der Waals surface area contributed by atoms with Crippen LogP contribution in [0.25, 0.3) is 0 Å². The highest BCUT2D eigenvalue weighted by atomic mass is 16.7. The predicted octanol–water partition coefficient (Wildman–Crippen LogP) is 1.44. The summed E-state index contributed by atoms with van der Waals surface area (Å²) in [5.74, 6) is -1.03. The number of nitrogens with one attached hydrogen (secondary N) is 3. The van der Waals surface area contributed by atoms with Gasteiger partial charge >= 0.3 is 12.1 Å². The number of alkyl carbamates (subject to hydrolysis) is 1. The third-order valence-corrected chi connectivity index (χ3v) is 5.89. The number of unbranched alkanes of at least 4 members (excludes halogenated alkanes) is 1. The molecule has 2 bridgehead atoms. The monoisotopic (exact) mass is 453 g/mol. The van der Waals surface area contributed by atoms with E-state index < -0.39 is 23.6 Å². The summed E-state index contributed by atoms with van der Waals surface area (Å²) in [4.78, 5) is 56.5. The van der Waals surface area contributed by atoms with Crippen molar-refractivity contribution in [2.75, 3.05) is 13.2 Å². The summed E-state index contributed by atoms with van der Waals surface area (Å²) in [5, 5.41) is 4.13. The number of hydrogen-bond donors (Lipinski definition) is 3. The fourth-order valence-corrected chi connectivity index (χ4v) is 4.11. The Morgan fingerprint density at radius 1 is 1.09 bits per heavy atom. The molecule has 2 atom stereocenters. The van der Waals surface area contributed by atoms with Gasteiger partial charge in [-0.25, -0.2) is 9.59 Å². The molecule has 0 radical (unpaired) electrons. The molecule has 5 amide bonds. The topological polar surface area (TPSA) is 129 Å². The van der Waals surface area contributed by atoms with Gasteiger partial charge in [-0.1, -0.05) is 13.3 Å². The second-order valence-electron chi connectivity index (χ2n) is 9.68. The molecule has 3 rings (SSSR count). The zero-order valence-corrected chi connectivity index (χ0v) is 19.3. The van der Waals surface area contributed by atoms with Gasteiger partial charge in [0, 0.05) is 18.5 Å². The van der Waals surface area contributed by atoms with Crippen LogP contribution in [0.2, 0.25) is 0 Å². The number of urea groups is 1. The Morgan fingerprint density at radius 2 is 1.78 bits per heavy atom. The number of amides is 5. The van der Waals surface area contributed by atoms with Crippen LogP contribution < -0.4 is 16.2 Å². The Morgan fingerprint density at radius 3 is 2.44 bits per heavy atom. The normalized spacial score (nSPS) is 26.9. The number of nitrogens with zero attached hydrogens (tertiary/aromatic N) is 2. The van der Waals surface area contributed by atoms with Crippen molar-refractivity contribution in [1.82, 2.24) is 26.1 Å². The van der Waals surface area contributed by atoms with Crippen molar-refractivity contribution in [2.45, 2.75) is 89.9 Å².